The van der Waals surface area contributed by atoms with Gasteiger partial charge in [-0.25, -0.2) is 24.3 Å². The van der Waals surface area contributed by atoms with E-state index in [1.165, 1.54) is 12.4 Å². The molecule has 4 aromatic heterocycles. The molecule has 0 fully saturated rings. The summed E-state index contributed by atoms with van der Waals surface area (Å²) in [7, 11) is 0. The zero-order chi connectivity index (χ0) is 22.6. The van der Waals surface area contributed by atoms with Crippen molar-refractivity contribution in [3.8, 4) is 0 Å². The quantitative estimate of drug-likeness (QED) is 0.277. The highest BCUT2D eigenvalue weighted by Crippen LogP contribution is 2.27. The van der Waals surface area contributed by atoms with Crippen LogP contribution in [0.5, 0.6) is 0 Å². The molecule has 1 atom stereocenters. The second kappa shape index (κ2) is 9.58. The molecule has 5 aromatic rings. The molecule has 4 heterocycles. The molecule has 168 valence electrons. The van der Waals surface area contributed by atoms with Gasteiger partial charge in [0.05, 0.1) is 28.3 Å². The van der Waals surface area contributed by atoms with E-state index in [4.69, 9.17) is 9.97 Å². The summed E-state index contributed by atoms with van der Waals surface area (Å²) in [5.74, 6) is 1.69. The minimum Gasteiger partial charge on any atom is -0.362 e. The molecule has 2 N–H and O–H groups in total. The van der Waals surface area contributed by atoms with Crippen LogP contribution in [0.4, 0.5) is 10.2 Å². The smallest absolute Gasteiger partial charge is 0.157 e. The lowest BCUT2D eigenvalue weighted by molar-refractivity contribution is 0.585. The van der Waals surface area contributed by atoms with E-state index in [1.54, 1.807) is 23.6 Å². The molecule has 7 nitrogen and oxygen atoms in total. The molecule has 0 spiro atoms. The average Bonchev–Trinajstić information content (AvgIpc) is 3.45. The van der Waals surface area contributed by atoms with Crippen LogP contribution in [0.2, 0.25) is 0 Å². The molecular formula is C24H24FN7S. The number of pyridine rings is 1. The second-order valence-electron chi connectivity index (χ2n) is 8.06. The van der Waals surface area contributed by atoms with E-state index in [-0.39, 0.29) is 12.4 Å². The van der Waals surface area contributed by atoms with E-state index in [9.17, 15) is 4.39 Å². The minimum atomic E-state index is -0.342. The van der Waals surface area contributed by atoms with Gasteiger partial charge in [-0.2, -0.15) is 0 Å². The fourth-order valence-corrected chi connectivity index (χ4v) is 4.76. The molecule has 0 radical (unpaired) electrons. The number of nitrogens with one attached hydrogen (secondary N) is 2. The first kappa shape index (κ1) is 21.4. The molecule has 0 aliphatic heterocycles. The zero-order valence-corrected chi connectivity index (χ0v) is 19.1. The fourth-order valence-electron chi connectivity index (χ4n) is 3.82. The van der Waals surface area contributed by atoms with E-state index in [1.807, 2.05) is 18.2 Å². The number of halogens is 1. The van der Waals surface area contributed by atoms with Crippen LogP contribution in [-0.2, 0) is 13.0 Å². The first-order valence-corrected chi connectivity index (χ1v) is 11.9. The summed E-state index contributed by atoms with van der Waals surface area (Å²) in [4.78, 5) is 26.5. The number of thiazole rings is 1. The van der Waals surface area contributed by atoms with Gasteiger partial charge in [0.15, 0.2) is 5.82 Å². The summed E-state index contributed by atoms with van der Waals surface area (Å²) >= 11 is 1.58. The number of imidazole rings is 1. The van der Waals surface area contributed by atoms with Gasteiger partial charge in [0, 0.05) is 12.1 Å². The molecule has 0 saturated carbocycles. The SMILES string of the molecule is CC(CCCCc1nc2c(NCc3ncccc3F)ncnc2s1)c1nc2ccccc2[nH]1. The van der Waals surface area contributed by atoms with Crippen molar-refractivity contribution in [1.82, 2.24) is 29.9 Å². The molecule has 0 saturated heterocycles. The number of unbranched alkanes of at least 4 members (excludes halogenated alkanes) is 1. The largest absolute Gasteiger partial charge is 0.362 e. The van der Waals surface area contributed by atoms with Gasteiger partial charge in [0.2, 0.25) is 0 Å². The van der Waals surface area contributed by atoms with Crippen molar-refractivity contribution >= 4 is 38.5 Å². The maximum absolute atomic E-state index is 13.8. The third-order valence-corrected chi connectivity index (χ3v) is 6.67. The summed E-state index contributed by atoms with van der Waals surface area (Å²) in [5.41, 5.74) is 3.18. The third-order valence-electron chi connectivity index (χ3n) is 5.65. The Bertz CT molecular complexity index is 1350. The Morgan fingerprint density at radius 2 is 1.97 bits per heavy atom. The van der Waals surface area contributed by atoms with Crippen molar-refractivity contribution in [3.05, 3.63) is 71.3 Å². The van der Waals surface area contributed by atoms with Crippen molar-refractivity contribution in [2.24, 2.45) is 0 Å². The average molecular weight is 462 g/mol. The Morgan fingerprint density at radius 1 is 1.06 bits per heavy atom. The van der Waals surface area contributed by atoms with Gasteiger partial charge < -0.3 is 10.3 Å². The maximum atomic E-state index is 13.8. The van der Waals surface area contributed by atoms with Gasteiger partial charge in [-0.1, -0.05) is 36.8 Å². The molecule has 33 heavy (non-hydrogen) atoms. The van der Waals surface area contributed by atoms with Crippen LogP contribution >= 0.6 is 11.3 Å². The highest BCUT2D eigenvalue weighted by molar-refractivity contribution is 7.18. The van der Waals surface area contributed by atoms with Crippen molar-refractivity contribution in [3.63, 3.8) is 0 Å². The second-order valence-corrected chi connectivity index (χ2v) is 9.12. The van der Waals surface area contributed by atoms with Crippen molar-refractivity contribution in [2.45, 2.75) is 45.1 Å². The summed E-state index contributed by atoms with van der Waals surface area (Å²) in [6.07, 6.45) is 7.17. The Hall–Kier alpha value is -3.46. The van der Waals surface area contributed by atoms with Crippen LogP contribution in [0.25, 0.3) is 21.4 Å². The van der Waals surface area contributed by atoms with Gasteiger partial charge in [-0.15, -0.1) is 0 Å². The van der Waals surface area contributed by atoms with Gasteiger partial charge in [-0.05, 0) is 43.5 Å². The van der Waals surface area contributed by atoms with Crippen molar-refractivity contribution < 1.29 is 4.39 Å². The minimum absolute atomic E-state index is 0.241. The number of hydrogen-bond acceptors (Lipinski definition) is 7. The topological polar surface area (TPSA) is 92.3 Å². The lowest BCUT2D eigenvalue weighted by atomic mass is 10.0. The van der Waals surface area contributed by atoms with Gasteiger partial charge in [0.25, 0.3) is 0 Å². The molecular weight excluding hydrogens is 437 g/mol. The van der Waals surface area contributed by atoms with Crippen LogP contribution in [0.15, 0.2) is 48.9 Å². The molecule has 1 aromatic carbocycles. The van der Waals surface area contributed by atoms with E-state index in [2.05, 4.69) is 38.2 Å². The lowest BCUT2D eigenvalue weighted by Crippen LogP contribution is -2.06. The van der Waals surface area contributed by atoms with Crippen LogP contribution < -0.4 is 5.32 Å². The highest BCUT2D eigenvalue weighted by atomic mass is 32.1. The Kier molecular flexibility index (Phi) is 6.21. The fraction of sp³-hybridized carbons (Fsp3) is 0.292. The van der Waals surface area contributed by atoms with Gasteiger partial charge >= 0.3 is 0 Å². The Labute approximate surface area is 194 Å². The Balaban J connectivity index is 1.17. The Morgan fingerprint density at radius 3 is 2.85 bits per heavy atom. The van der Waals surface area contributed by atoms with Crippen LogP contribution in [0, 0.1) is 5.82 Å². The number of aryl methyl sites for hydroxylation is 1. The van der Waals surface area contributed by atoms with Crippen LogP contribution in [0.1, 0.15) is 48.6 Å². The summed E-state index contributed by atoms with van der Waals surface area (Å²) in [6.45, 7) is 2.46. The van der Waals surface area contributed by atoms with E-state index in [0.29, 0.717) is 17.4 Å². The number of rotatable bonds is 9. The summed E-state index contributed by atoms with van der Waals surface area (Å²) in [6, 6.07) is 11.1. The predicted octanol–water partition coefficient (Wildman–Crippen LogP) is 5.63. The van der Waals surface area contributed by atoms with Crippen LogP contribution in [-0.4, -0.2) is 29.9 Å². The third kappa shape index (κ3) is 4.83. The number of hydrogen-bond donors (Lipinski definition) is 2. The maximum Gasteiger partial charge on any atom is 0.157 e. The number of para-hydroxylation sites is 2. The number of fused-ring (bicyclic) bond motifs is 2. The zero-order valence-electron chi connectivity index (χ0n) is 18.3. The van der Waals surface area contributed by atoms with Gasteiger partial charge in [-0.3, -0.25) is 4.98 Å². The number of benzene rings is 1. The monoisotopic (exact) mass is 461 g/mol. The molecule has 9 heteroatoms. The van der Waals surface area contributed by atoms with Crippen molar-refractivity contribution in [1.29, 1.82) is 0 Å². The molecule has 0 aliphatic rings. The van der Waals surface area contributed by atoms with Crippen molar-refractivity contribution in [2.75, 3.05) is 5.32 Å². The highest BCUT2D eigenvalue weighted by Gasteiger charge is 2.13. The molecule has 5 rings (SSSR count). The van der Waals surface area contributed by atoms with Crippen LogP contribution in [0.3, 0.4) is 0 Å². The number of H-pyrrole nitrogens is 1. The first-order chi connectivity index (χ1) is 16.2. The summed E-state index contributed by atoms with van der Waals surface area (Å²) < 4.78 is 13.8. The molecule has 0 amide bonds. The van der Waals surface area contributed by atoms with E-state index >= 15 is 0 Å². The first-order valence-electron chi connectivity index (χ1n) is 11.1. The number of aromatic nitrogens is 6. The summed E-state index contributed by atoms with van der Waals surface area (Å²) in [5, 5.41) is 4.19. The number of anilines is 1. The molecule has 0 aliphatic carbocycles. The number of nitrogens with zero attached hydrogens (tertiary/aromatic N) is 5. The normalized spacial score (nSPS) is 12.4. The van der Waals surface area contributed by atoms with E-state index in [0.717, 1.165) is 57.9 Å². The standard InChI is InChI=1S/C24H24FN7S/c1-15(22-30-17-9-3-4-10-18(17)31-22)7-2-5-11-20-32-21-23(28-14-29-24(21)33-20)27-13-19-16(25)8-6-12-26-19/h3-4,6,8-10,12,14-15H,2,5,7,11,13H2,1H3,(H,30,31)(H,27,28,29). The number of aromatic amines is 1. The molecule has 1 unspecified atom stereocenters. The van der Waals surface area contributed by atoms with E-state index < -0.39 is 0 Å². The van der Waals surface area contributed by atoms with Gasteiger partial charge in [0.1, 0.15) is 28.3 Å². The predicted molar refractivity (Wildman–Crippen MR) is 129 cm³/mol. The molecule has 0 bridgehead atoms. The lowest BCUT2D eigenvalue weighted by Gasteiger charge is -2.07.